The zero-order valence-electron chi connectivity index (χ0n) is 11.5. The highest BCUT2D eigenvalue weighted by atomic mass is 127. The van der Waals surface area contributed by atoms with Gasteiger partial charge in [-0.05, 0) is 55.0 Å². The zero-order chi connectivity index (χ0) is 13.8. The van der Waals surface area contributed by atoms with Crippen molar-refractivity contribution in [1.82, 2.24) is 9.97 Å². The summed E-state index contributed by atoms with van der Waals surface area (Å²) in [4.78, 5) is 9.20. The molecule has 2 rings (SSSR count). The van der Waals surface area contributed by atoms with E-state index in [0.717, 1.165) is 46.0 Å². The van der Waals surface area contributed by atoms with Gasteiger partial charge in [-0.25, -0.2) is 9.97 Å². The molecule has 0 fully saturated rings. The van der Waals surface area contributed by atoms with Gasteiger partial charge in [-0.3, -0.25) is 0 Å². The first-order valence-corrected chi connectivity index (χ1v) is 7.60. The monoisotopic (exact) mass is 371 g/mol. The summed E-state index contributed by atoms with van der Waals surface area (Å²) in [6, 6.07) is 3.85. The van der Waals surface area contributed by atoms with Crippen molar-refractivity contribution in [1.29, 1.82) is 0 Å². The van der Waals surface area contributed by atoms with Gasteiger partial charge < -0.3 is 9.73 Å². The van der Waals surface area contributed by atoms with Crippen LogP contribution in [0.5, 0.6) is 0 Å². The summed E-state index contributed by atoms with van der Waals surface area (Å²) in [7, 11) is 0. The first-order chi connectivity index (χ1) is 9.15. The van der Waals surface area contributed by atoms with Crippen LogP contribution in [-0.4, -0.2) is 16.5 Å². The number of hydrogen-bond acceptors (Lipinski definition) is 4. The molecule has 0 unspecified atom stereocenters. The molecule has 2 aromatic heterocycles. The predicted molar refractivity (Wildman–Crippen MR) is 85.3 cm³/mol. The molecule has 0 saturated carbocycles. The lowest BCUT2D eigenvalue weighted by Crippen LogP contribution is -2.07. The minimum absolute atomic E-state index is 0.660. The molecule has 4 nitrogen and oxygen atoms in total. The molecule has 0 amide bonds. The maximum Gasteiger partial charge on any atom is 0.197 e. The minimum atomic E-state index is 0.660. The van der Waals surface area contributed by atoms with E-state index in [9.17, 15) is 0 Å². The van der Waals surface area contributed by atoms with Gasteiger partial charge in [0.2, 0.25) is 0 Å². The largest absolute Gasteiger partial charge is 0.458 e. The Morgan fingerprint density at radius 1 is 1.26 bits per heavy atom. The molecule has 1 N–H and O–H groups in total. The van der Waals surface area contributed by atoms with Crippen molar-refractivity contribution in [2.75, 3.05) is 11.9 Å². The quantitative estimate of drug-likeness (QED) is 0.807. The Kier molecular flexibility index (Phi) is 4.79. The molecule has 0 aromatic carbocycles. The van der Waals surface area contributed by atoms with Crippen LogP contribution in [0.15, 0.2) is 16.5 Å². The molecule has 0 spiro atoms. The summed E-state index contributed by atoms with van der Waals surface area (Å²) >= 11 is 2.31. The highest BCUT2D eigenvalue weighted by Gasteiger charge is 2.14. The molecule has 2 aromatic rings. The molecule has 0 aliphatic heterocycles. The van der Waals surface area contributed by atoms with Crippen LogP contribution >= 0.6 is 22.6 Å². The Balaban J connectivity index is 2.48. The highest BCUT2D eigenvalue weighted by molar-refractivity contribution is 14.1. The number of aromatic nitrogens is 2. The SMILES string of the molecule is CCCc1nc(-c2ccc(C)o2)nc(NCC)c1I. The number of furan rings is 1. The van der Waals surface area contributed by atoms with Crippen LogP contribution in [0.3, 0.4) is 0 Å². The van der Waals surface area contributed by atoms with Crippen molar-refractivity contribution in [3.8, 4) is 11.6 Å². The summed E-state index contributed by atoms with van der Waals surface area (Å²) < 4.78 is 6.73. The van der Waals surface area contributed by atoms with E-state index in [1.807, 2.05) is 19.1 Å². The molecule has 0 atom stereocenters. The van der Waals surface area contributed by atoms with E-state index in [1.54, 1.807) is 0 Å². The van der Waals surface area contributed by atoms with E-state index in [4.69, 9.17) is 4.42 Å². The molecule has 0 aliphatic rings. The number of nitrogens with one attached hydrogen (secondary N) is 1. The van der Waals surface area contributed by atoms with Gasteiger partial charge in [-0.2, -0.15) is 0 Å². The average molecular weight is 371 g/mol. The summed E-state index contributed by atoms with van der Waals surface area (Å²) in [5.41, 5.74) is 1.08. The molecule has 0 bridgehead atoms. The second kappa shape index (κ2) is 6.36. The number of nitrogens with zero attached hydrogens (tertiary/aromatic N) is 2. The fraction of sp³-hybridized carbons (Fsp3) is 0.429. The third-order valence-corrected chi connectivity index (χ3v) is 3.85. The molecule has 0 saturated heterocycles. The second-order valence-corrected chi connectivity index (χ2v) is 5.43. The van der Waals surface area contributed by atoms with Crippen LogP contribution in [0, 0.1) is 10.5 Å². The van der Waals surface area contributed by atoms with E-state index in [0.29, 0.717) is 5.82 Å². The predicted octanol–water partition coefficient (Wildman–Crippen LogP) is 4.03. The van der Waals surface area contributed by atoms with E-state index in [1.165, 1.54) is 0 Å². The second-order valence-electron chi connectivity index (χ2n) is 4.35. The average Bonchev–Trinajstić information content (AvgIpc) is 2.81. The number of hydrogen-bond donors (Lipinski definition) is 1. The minimum Gasteiger partial charge on any atom is -0.458 e. The fourth-order valence-corrected chi connectivity index (χ4v) is 2.55. The molecule has 19 heavy (non-hydrogen) atoms. The number of aryl methyl sites for hydroxylation is 2. The first kappa shape index (κ1) is 14.3. The number of halogens is 1. The Morgan fingerprint density at radius 2 is 2.05 bits per heavy atom. The lowest BCUT2D eigenvalue weighted by molar-refractivity contribution is 0.543. The van der Waals surface area contributed by atoms with Crippen LogP contribution < -0.4 is 5.32 Å². The number of rotatable bonds is 5. The van der Waals surface area contributed by atoms with E-state index >= 15 is 0 Å². The Morgan fingerprint density at radius 3 is 2.63 bits per heavy atom. The third kappa shape index (κ3) is 3.26. The molecule has 5 heteroatoms. The lowest BCUT2D eigenvalue weighted by Gasteiger charge is -2.10. The standard InChI is InChI=1S/C14H18IN3O/c1-4-6-10-12(15)14(16-5-2)18-13(17-10)11-8-7-9(3)19-11/h7-8H,4-6H2,1-3H3,(H,16,17,18). The Bertz CT molecular complexity index is 539. The van der Waals surface area contributed by atoms with Crippen LogP contribution in [0.1, 0.15) is 31.7 Å². The smallest absolute Gasteiger partial charge is 0.197 e. The van der Waals surface area contributed by atoms with Crippen molar-refractivity contribution in [3.63, 3.8) is 0 Å². The van der Waals surface area contributed by atoms with Crippen molar-refractivity contribution >= 4 is 28.4 Å². The van der Waals surface area contributed by atoms with Crippen molar-refractivity contribution < 1.29 is 4.42 Å². The van der Waals surface area contributed by atoms with Crippen LogP contribution in [-0.2, 0) is 6.42 Å². The topological polar surface area (TPSA) is 51.0 Å². The van der Waals surface area contributed by atoms with Gasteiger partial charge in [0.1, 0.15) is 11.6 Å². The summed E-state index contributed by atoms with van der Waals surface area (Å²) in [5, 5.41) is 3.29. The fourth-order valence-electron chi connectivity index (χ4n) is 1.85. The zero-order valence-corrected chi connectivity index (χ0v) is 13.6. The normalized spacial score (nSPS) is 10.7. The maximum atomic E-state index is 5.62. The van der Waals surface area contributed by atoms with E-state index in [-0.39, 0.29) is 0 Å². The molecular formula is C14H18IN3O. The molecule has 102 valence electrons. The van der Waals surface area contributed by atoms with Gasteiger partial charge in [-0.1, -0.05) is 13.3 Å². The van der Waals surface area contributed by atoms with Gasteiger partial charge in [0.15, 0.2) is 11.6 Å². The molecule has 2 heterocycles. The van der Waals surface area contributed by atoms with Crippen LogP contribution in [0.2, 0.25) is 0 Å². The summed E-state index contributed by atoms with van der Waals surface area (Å²) in [6.07, 6.45) is 2.01. The van der Waals surface area contributed by atoms with Gasteiger partial charge in [-0.15, -0.1) is 0 Å². The van der Waals surface area contributed by atoms with Gasteiger partial charge in [0, 0.05) is 6.54 Å². The van der Waals surface area contributed by atoms with Crippen molar-refractivity contribution in [2.45, 2.75) is 33.6 Å². The first-order valence-electron chi connectivity index (χ1n) is 6.52. The lowest BCUT2D eigenvalue weighted by atomic mass is 10.2. The maximum absolute atomic E-state index is 5.62. The molecular weight excluding hydrogens is 353 g/mol. The molecule has 0 aliphatic carbocycles. The van der Waals surface area contributed by atoms with Crippen LogP contribution in [0.25, 0.3) is 11.6 Å². The van der Waals surface area contributed by atoms with Gasteiger partial charge >= 0.3 is 0 Å². The van der Waals surface area contributed by atoms with Gasteiger partial charge in [0.05, 0.1) is 9.26 Å². The van der Waals surface area contributed by atoms with E-state index in [2.05, 4.69) is 51.7 Å². The summed E-state index contributed by atoms with van der Waals surface area (Å²) in [6.45, 7) is 6.99. The van der Waals surface area contributed by atoms with Crippen LogP contribution in [0.4, 0.5) is 5.82 Å². The summed E-state index contributed by atoms with van der Waals surface area (Å²) in [5.74, 6) is 3.16. The van der Waals surface area contributed by atoms with E-state index < -0.39 is 0 Å². The Hall–Kier alpha value is -1.11. The molecule has 0 radical (unpaired) electrons. The third-order valence-electron chi connectivity index (χ3n) is 2.71. The van der Waals surface area contributed by atoms with Crippen molar-refractivity contribution in [2.24, 2.45) is 0 Å². The number of anilines is 1. The Labute approximate surface area is 127 Å². The highest BCUT2D eigenvalue weighted by Crippen LogP contribution is 2.25. The van der Waals surface area contributed by atoms with Crippen molar-refractivity contribution in [3.05, 3.63) is 27.2 Å². The van der Waals surface area contributed by atoms with Gasteiger partial charge in [0.25, 0.3) is 0 Å².